The van der Waals surface area contributed by atoms with E-state index in [2.05, 4.69) is 12.2 Å². The van der Waals surface area contributed by atoms with Crippen molar-refractivity contribution in [3.8, 4) is 17.6 Å². The van der Waals surface area contributed by atoms with Gasteiger partial charge in [-0.2, -0.15) is 5.26 Å². The molecule has 3 nitrogen and oxygen atoms in total. The van der Waals surface area contributed by atoms with Gasteiger partial charge in [0.2, 0.25) is 0 Å². The third kappa shape index (κ3) is 3.80. The average Bonchev–Trinajstić information content (AvgIpc) is 2.50. The molecule has 0 radical (unpaired) electrons. The summed E-state index contributed by atoms with van der Waals surface area (Å²) in [6.07, 6.45) is 0. The Hall–Kier alpha value is -2.38. The summed E-state index contributed by atoms with van der Waals surface area (Å²) < 4.78 is 19.4. The van der Waals surface area contributed by atoms with Crippen molar-refractivity contribution in [1.29, 1.82) is 5.26 Å². The zero-order valence-corrected chi connectivity index (χ0v) is 12.1. The first kappa shape index (κ1) is 15.0. The van der Waals surface area contributed by atoms with Crippen molar-refractivity contribution < 1.29 is 9.13 Å². The minimum Gasteiger partial charge on any atom is -0.454 e. The normalized spacial score (nSPS) is 11.7. The van der Waals surface area contributed by atoms with E-state index < -0.39 is 5.82 Å². The molecule has 108 valence electrons. The molecular formula is C17H17FN2O. The third-order valence-corrected chi connectivity index (χ3v) is 3.16. The van der Waals surface area contributed by atoms with Gasteiger partial charge in [-0.1, -0.05) is 19.1 Å². The second-order valence-corrected chi connectivity index (χ2v) is 4.71. The summed E-state index contributed by atoms with van der Waals surface area (Å²) in [5.41, 5.74) is 1.35. The monoisotopic (exact) mass is 284 g/mol. The number of halogens is 1. The smallest absolute Gasteiger partial charge is 0.167 e. The quantitative estimate of drug-likeness (QED) is 0.896. The van der Waals surface area contributed by atoms with Gasteiger partial charge in [-0.25, -0.2) is 4.39 Å². The van der Waals surface area contributed by atoms with Crippen LogP contribution in [-0.4, -0.2) is 6.54 Å². The zero-order valence-electron chi connectivity index (χ0n) is 12.1. The number of hydrogen-bond donors (Lipinski definition) is 1. The summed E-state index contributed by atoms with van der Waals surface area (Å²) in [5, 5.41) is 12.0. The Morgan fingerprint density at radius 1 is 1.29 bits per heavy atom. The second kappa shape index (κ2) is 6.87. The standard InChI is InChI=1S/C17H17FN2O/c1-3-20-12(2)14-5-4-6-15(10-14)21-17-8-7-13(11-19)9-16(17)18/h4-10,12,20H,3H2,1-2H3. The minimum absolute atomic E-state index is 0.113. The van der Waals surface area contributed by atoms with E-state index in [0.29, 0.717) is 5.75 Å². The molecule has 1 unspecified atom stereocenters. The molecule has 0 aliphatic carbocycles. The molecule has 1 atom stereocenters. The summed E-state index contributed by atoms with van der Waals surface area (Å²) in [4.78, 5) is 0. The molecule has 2 aromatic rings. The molecule has 0 bridgehead atoms. The first-order chi connectivity index (χ1) is 10.1. The van der Waals surface area contributed by atoms with Crippen molar-refractivity contribution in [2.24, 2.45) is 0 Å². The van der Waals surface area contributed by atoms with E-state index in [1.54, 1.807) is 6.07 Å². The number of nitriles is 1. The van der Waals surface area contributed by atoms with Crippen molar-refractivity contribution in [2.45, 2.75) is 19.9 Å². The highest BCUT2D eigenvalue weighted by Crippen LogP contribution is 2.27. The fourth-order valence-electron chi connectivity index (χ4n) is 2.05. The molecule has 2 rings (SSSR count). The van der Waals surface area contributed by atoms with Crippen LogP contribution in [0.15, 0.2) is 42.5 Å². The fourth-order valence-corrected chi connectivity index (χ4v) is 2.05. The Morgan fingerprint density at radius 2 is 2.10 bits per heavy atom. The summed E-state index contributed by atoms with van der Waals surface area (Å²) in [6, 6.07) is 13.8. The molecule has 2 aromatic carbocycles. The van der Waals surface area contributed by atoms with Gasteiger partial charge in [0.05, 0.1) is 11.6 Å². The summed E-state index contributed by atoms with van der Waals surface area (Å²) in [5.74, 6) is 0.141. The van der Waals surface area contributed by atoms with E-state index >= 15 is 0 Å². The Labute approximate surface area is 124 Å². The van der Waals surface area contributed by atoms with Gasteiger partial charge in [0, 0.05) is 6.04 Å². The van der Waals surface area contributed by atoms with Gasteiger partial charge in [0.15, 0.2) is 11.6 Å². The van der Waals surface area contributed by atoms with Crippen molar-refractivity contribution in [3.05, 3.63) is 59.4 Å². The number of hydrogen-bond acceptors (Lipinski definition) is 3. The van der Waals surface area contributed by atoms with Gasteiger partial charge in [-0.3, -0.25) is 0 Å². The average molecular weight is 284 g/mol. The van der Waals surface area contributed by atoms with Crippen LogP contribution in [-0.2, 0) is 0 Å². The predicted molar refractivity (Wildman–Crippen MR) is 79.7 cm³/mol. The second-order valence-electron chi connectivity index (χ2n) is 4.71. The molecule has 0 heterocycles. The topological polar surface area (TPSA) is 45.0 Å². The number of ether oxygens (including phenoxy) is 1. The molecule has 4 heteroatoms. The van der Waals surface area contributed by atoms with Crippen LogP contribution in [0.2, 0.25) is 0 Å². The molecule has 0 aliphatic rings. The van der Waals surface area contributed by atoms with Gasteiger partial charge in [-0.05, 0) is 49.4 Å². The van der Waals surface area contributed by atoms with E-state index in [1.165, 1.54) is 18.2 Å². The van der Waals surface area contributed by atoms with E-state index in [1.807, 2.05) is 31.2 Å². The van der Waals surface area contributed by atoms with Gasteiger partial charge in [0.1, 0.15) is 5.75 Å². The maximum atomic E-state index is 13.8. The van der Waals surface area contributed by atoms with Crippen LogP contribution in [0.25, 0.3) is 0 Å². The SMILES string of the molecule is CCNC(C)c1cccc(Oc2ccc(C#N)cc2F)c1. The van der Waals surface area contributed by atoms with Crippen molar-refractivity contribution >= 4 is 0 Å². The molecular weight excluding hydrogens is 267 g/mol. The Kier molecular flexibility index (Phi) is 4.91. The number of nitrogens with one attached hydrogen (secondary N) is 1. The lowest BCUT2D eigenvalue weighted by molar-refractivity contribution is 0.440. The Morgan fingerprint density at radius 3 is 2.76 bits per heavy atom. The Balaban J connectivity index is 2.20. The lowest BCUT2D eigenvalue weighted by Gasteiger charge is -2.14. The van der Waals surface area contributed by atoms with E-state index in [-0.39, 0.29) is 17.4 Å². The highest BCUT2D eigenvalue weighted by Gasteiger charge is 2.08. The van der Waals surface area contributed by atoms with Crippen LogP contribution in [0.5, 0.6) is 11.5 Å². The van der Waals surface area contributed by atoms with Crippen LogP contribution in [0.4, 0.5) is 4.39 Å². The number of benzene rings is 2. The van der Waals surface area contributed by atoms with Gasteiger partial charge < -0.3 is 10.1 Å². The minimum atomic E-state index is -0.542. The van der Waals surface area contributed by atoms with Gasteiger partial charge >= 0.3 is 0 Å². The van der Waals surface area contributed by atoms with Crippen LogP contribution < -0.4 is 10.1 Å². The molecule has 0 saturated heterocycles. The van der Waals surface area contributed by atoms with Crippen LogP contribution in [0.3, 0.4) is 0 Å². The highest BCUT2D eigenvalue weighted by molar-refractivity contribution is 5.39. The molecule has 0 fully saturated rings. The molecule has 0 spiro atoms. The van der Waals surface area contributed by atoms with Crippen LogP contribution in [0.1, 0.15) is 31.0 Å². The largest absolute Gasteiger partial charge is 0.454 e. The van der Waals surface area contributed by atoms with Crippen molar-refractivity contribution in [2.75, 3.05) is 6.54 Å². The maximum absolute atomic E-state index is 13.8. The molecule has 0 aromatic heterocycles. The van der Waals surface area contributed by atoms with Crippen LogP contribution in [0, 0.1) is 17.1 Å². The fraction of sp³-hybridized carbons (Fsp3) is 0.235. The van der Waals surface area contributed by atoms with Gasteiger partial charge in [-0.15, -0.1) is 0 Å². The maximum Gasteiger partial charge on any atom is 0.167 e. The van der Waals surface area contributed by atoms with Gasteiger partial charge in [0.25, 0.3) is 0 Å². The van der Waals surface area contributed by atoms with Crippen molar-refractivity contribution in [3.63, 3.8) is 0 Å². The molecule has 1 N–H and O–H groups in total. The molecule has 21 heavy (non-hydrogen) atoms. The van der Waals surface area contributed by atoms with Crippen LogP contribution >= 0.6 is 0 Å². The highest BCUT2D eigenvalue weighted by atomic mass is 19.1. The van der Waals surface area contributed by atoms with E-state index in [9.17, 15) is 4.39 Å². The predicted octanol–water partition coefficient (Wildman–Crippen LogP) is 4.16. The Bertz CT molecular complexity index is 664. The zero-order chi connectivity index (χ0) is 15.2. The van der Waals surface area contributed by atoms with E-state index in [0.717, 1.165) is 12.1 Å². The lowest BCUT2D eigenvalue weighted by atomic mass is 10.1. The molecule has 0 amide bonds. The number of nitrogens with zero attached hydrogens (tertiary/aromatic N) is 1. The number of rotatable bonds is 5. The summed E-state index contributed by atoms with van der Waals surface area (Å²) in [7, 11) is 0. The van der Waals surface area contributed by atoms with Crippen molar-refractivity contribution in [1.82, 2.24) is 5.32 Å². The molecule has 0 saturated carbocycles. The first-order valence-electron chi connectivity index (χ1n) is 6.85. The third-order valence-electron chi connectivity index (χ3n) is 3.16. The molecule has 0 aliphatic heterocycles. The lowest BCUT2D eigenvalue weighted by Crippen LogP contribution is -2.17. The van der Waals surface area contributed by atoms with E-state index in [4.69, 9.17) is 10.00 Å². The summed E-state index contributed by atoms with van der Waals surface area (Å²) >= 11 is 0. The first-order valence-corrected chi connectivity index (χ1v) is 6.85. The summed E-state index contributed by atoms with van der Waals surface area (Å²) in [6.45, 7) is 4.98.